The molecule has 0 aromatic heterocycles. The van der Waals surface area contributed by atoms with Gasteiger partial charge in [0.1, 0.15) is 5.75 Å². The van der Waals surface area contributed by atoms with E-state index in [1.807, 2.05) is 24.3 Å². The number of hydrogen-bond donors (Lipinski definition) is 0. The zero-order valence-electron chi connectivity index (χ0n) is 9.98. The molecule has 0 bridgehead atoms. The third-order valence-electron chi connectivity index (χ3n) is 2.91. The van der Waals surface area contributed by atoms with Crippen molar-refractivity contribution in [1.29, 1.82) is 0 Å². The van der Waals surface area contributed by atoms with Gasteiger partial charge >= 0.3 is 0 Å². The lowest BCUT2D eigenvalue weighted by molar-refractivity contribution is -0.114. The number of ketones is 1. The molecule has 0 spiro atoms. The summed E-state index contributed by atoms with van der Waals surface area (Å²) >= 11 is 0. The maximum absolute atomic E-state index is 11.2. The lowest BCUT2D eigenvalue weighted by Crippen LogP contribution is -1.96. The first-order valence-electron chi connectivity index (χ1n) is 5.84. The van der Waals surface area contributed by atoms with Crippen LogP contribution < -0.4 is 4.74 Å². The van der Waals surface area contributed by atoms with Gasteiger partial charge in [-0.05, 0) is 42.2 Å². The first-order chi connectivity index (χ1) is 8.29. The molecule has 1 aliphatic carbocycles. The SMILES string of the molecule is COc1ccc(/C2=C/C=C\C(=O)CCC2)cc1. The maximum Gasteiger partial charge on any atom is 0.155 e. The number of methoxy groups -OCH3 is 1. The van der Waals surface area contributed by atoms with E-state index >= 15 is 0 Å². The van der Waals surface area contributed by atoms with Crippen molar-refractivity contribution >= 4 is 11.4 Å². The number of carbonyl (C=O) groups is 1. The summed E-state index contributed by atoms with van der Waals surface area (Å²) < 4.78 is 5.14. The lowest BCUT2D eigenvalue weighted by atomic mass is 9.97. The molecule has 0 saturated carbocycles. The predicted octanol–water partition coefficient (Wildman–Crippen LogP) is 3.39. The van der Waals surface area contributed by atoms with Crippen LogP contribution >= 0.6 is 0 Å². The van der Waals surface area contributed by atoms with Gasteiger partial charge in [-0.3, -0.25) is 4.79 Å². The van der Waals surface area contributed by atoms with Crippen LogP contribution in [-0.2, 0) is 4.79 Å². The van der Waals surface area contributed by atoms with Crippen molar-refractivity contribution in [2.75, 3.05) is 7.11 Å². The Morgan fingerprint density at radius 1 is 1.12 bits per heavy atom. The normalized spacial score (nSPS) is 21.0. The number of rotatable bonds is 2. The molecule has 2 nitrogen and oxygen atoms in total. The van der Waals surface area contributed by atoms with Gasteiger partial charge in [-0.2, -0.15) is 0 Å². The van der Waals surface area contributed by atoms with Gasteiger partial charge < -0.3 is 4.74 Å². The highest BCUT2D eigenvalue weighted by Gasteiger charge is 2.05. The average Bonchev–Trinajstić information content (AvgIpc) is 2.34. The van der Waals surface area contributed by atoms with Crippen molar-refractivity contribution in [3.63, 3.8) is 0 Å². The summed E-state index contributed by atoms with van der Waals surface area (Å²) in [4.78, 5) is 11.2. The van der Waals surface area contributed by atoms with E-state index in [0.29, 0.717) is 6.42 Å². The quantitative estimate of drug-likeness (QED) is 0.775. The van der Waals surface area contributed by atoms with E-state index < -0.39 is 0 Å². The maximum atomic E-state index is 11.2. The van der Waals surface area contributed by atoms with E-state index in [4.69, 9.17) is 4.74 Å². The minimum absolute atomic E-state index is 0.218. The Bertz CT molecular complexity index is 452. The summed E-state index contributed by atoms with van der Waals surface area (Å²) in [6.07, 6.45) is 8.04. The van der Waals surface area contributed by atoms with Crippen LogP contribution in [0.3, 0.4) is 0 Å². The molecule has 2 heteroatoms. The first kappa shape index (κ1) is 11.6. The van der Waals surface area contributed by atoms with Crippen LogP contribution in [0.15, 0.2) is 42.5 Å². The Balaban J connectivity index is 2.22. The number of allylic oxidation sites excluding steroid dienone is 4. The first-order valence-corrected chi connectivity index (χ1v) is 5.84. The van der Waals surface area contributed by atoms with E-state index in [9.17, 15) is 4.79 Å². The minimum atomic E-state index is 0.218. The smallest absolute Gasteiger partial charge is 0.155 e. The summed E-state index contributed by atoms with van der Waals surface area (Å²) in [6, 6.07) is 8.04. The average molecular weight is 228 g/mol. The van der Waals surface area contributed by atoms with Crippen LogP contribution in [0.25, 0.3) is 5.57 Å². The molecular formula is C15H16O2. The Morgan fingerprint density at radius 2 is 1.88 bits per heavy atom. The molecule has 0 N–H and O–H groups in total. The zero-order chi connectivity index (χ0) is 12.1. The molecule has 17 heavy (non-hydrogen) atoms. The summed E-state index contributed by atoms with van der Waals surface area (Å²) in [5, 5.41) is 0. The van der Waals surface area contributed by atoms with Crippen LogP contribution in [0.5, 0.6) is 5.75 Å². The molecule has 0 atom stereocenters. The zero-order valence-corrected chi connectivity index (χ0v) is 9.98. The van der Waals surface area contributed by atoms with Crippen LogP contribution in [0.2, 0.25) is 0 Å². The molecule has 0 saturated heterocycles. The molecule has 0 amide bonds. The van der Waals surface area contributed by atoms with Crippen molar-refractivity contribution in [3.8, 4) is 5.75 Å². The molecule has 0 heterocycles. The van der Waals surface area contributed by atoms with E-state index in [2.05, 4.69) is 12.1 Å². The second kappa shape index (κ2) is 5.48. The summed E-state index contributed by atoms with van der Waals surface area (Å²) in [5.74, 6) is 1.08. The number of benzene rings is 1. The van der Waals surface area contributed by atoms with Gasteiger partial charge in [0.25, 0.3) is 0 Å². The standard InChI is InChI=1S/C15H16O2/c1-17-15-10-8-13(9-11-15)12-4-2-6-14(16)7-3-5-12/h2,4,6,8-11H,3,5,7H2,1H3/b6-2-,12-4+. The molecule has 0 unspecified atom stereocenters. The van der Waals surface area contributed by atoms with Gasteiger partial charge in [0.15, 0.2) is 5.78 Å². The Morgan fingerprint density at radius 3 is 2.59 bits per heavy atom. The van der Waals surface area contributed by atoms with Crippen LogP contribution in [0.1, 0.15) is 24.8 Å². The third kappa shape index (κ3) is 3.06. The molecule has 0 radical (unpaired) electrons. The molecule has 2 rings (SSSR count). The van der Waals surface area contributed by atoms with Gasteiger partial charge in [-0.15, -0.1) is 0 Å². The summed E-state index contributed by atoms with van der Waals surface area (Å²) in [7, 11) is 1.67. The van der Waals surface area contributed by atoms with Gasteiger partial charge in [0.2, 0.25) is 0 Å². The van der Waals surface area contributed by atoms with Gasteiger partial charge in [-0.25, -0.2) is 0 Å². The molecule has 88 valence electrons. The van der Waals surface area contributed by atoms with Gasteiger partial charge in [0, 0.05) is 6.42 Å². The molecule has 1 aliphatic rings. The molecular weight excluding hydrogens is 212 g/mol. The van der Waals surface area contributed by atoms with E-state index in [-0.39, 0.29) is 5.78 Å². The van der Waals surface area contributed by atoms with Crippen LogP contribution in [-0.4, -0.2) is 12.9 Å². The van der Waals surface area contributed by atoms with E-state index in [0.717, 1.165) is 18.6 Å². The summed E-state index contributed by atoms with van der Waals surface area (Å²) in [6.45, 7) is 0. The molecule has 0 fully saturated rings. The molecule has 0 aliphatic heterocycles. The van der Waals surface area contributed by atoms with Crippen LogP contribution in [0, 0.1) is 0 Å². The second-order valence-corrected chi connectivity index (χ2v) is 4.10. The third-order valence-corrected chi connectivity index (χ3v) is 2.91. The second-order valence-electron chi connectivity index (χ2n) is 4.10. The Kier molecular flexibility index (Phi) is 3.76. The van der Waals surface area contributed by atoms with Crippen molar-refractivity contribution in [3.05, 3.63) is 48.1 Å². The van der Waals surface area contributed by atoms with Gasteiger partial charge in [0.05, 0.1) is 7.11 Å². The molecule has 1 aromatic carbocycles. The van der Waals surface area contributed by atoms with Crippen molar-refractivity contribution in [1.82, 2.24) is 0 Å². The Hall–Kier alpha value is -1.83. The number of carbonyl (C=O) groups excluding carboxylic acids is 1. The van der Waals surface area contributed by atoms with E-state index in [1.165, 1.54) is 11.1 Å². The van der Waals surface area contributed by atoms with Crippen LogP contribution in [0.4, 0.5) is 0 Å². The number of hydrogen-bond acceptors (Lipinski definition) is 2. The molecule has 1 aromatic rings. The monoisotopic (exact) mass is 228 g/mol. The summed E-state index contributed by atoms with van der Waals surface area (Å²) in [5.41, 5.74) is 2.47. The lowest BCUT2D eigenvalue weighted by Gasteiger charge is -2.09. The Labute approximate surface area is 102 Å². The van der Waals surface area contributed by atoms with Crippen molar-refractivity contribution < 1.29 is 9.53 Å². The topological polar surface area (TPSA) is 26.3 Å². The predicted molar refractivity (Wildman–Crippen MR) is 69.0 cm³/mol. The fraction of sp³-hybridized carbons (Fsp3) is 0.267. The highest BCUT2D eigenvalue weighted by atomic mass is 16.5. The van der Waals surface area contributed by atoms with Gasteiger partial charge in [-0.1, -0.05) is 24.3 Å². The fourth-order valence-corrected chi connectivity index (χ4v) is 1.94. The van der Waals surface area contributed by atoms with E-state index in [1.54, 1.807) is 13.2 Å². The largest absolute Gasteiger partial charge is 0.497 e. The van der Waals surface area contributed by atoms with Crippen molar-refractivity contribution in [2.24, 2.45) is 0 Å². The minimum Gasteiger partial charge on any atom is -0.497 e. The number of ether oxygens (including phenoxy) is 1. The fourth-order valence-electron chi connectivity index (χ4n) is 1.94. The highest BCUT2D eigenvalue weighted by molar-refractivity contribution is 5.90. The highest BCUT2D eigenvalue weighted by Crippen LogP contribution is 2.24. The van der Waals surface area contributed by atoms with Crippen molar-refractivity contribution in [2.45, 2.75) is 19.3 Å².